The fourth-order valence-corrected chi connectivity index (χ4v) is 2.06. The van der Waals surface area contributed by atoms with Gasteiger partial charge in [-0.05, 0) is 30.6 Å². The molecule has 3 heteroatoms. The third kappa shape index (κ3) is 3.76. The summed E-state index contributed by atoms with van der Waals surface area (Å²) in [6.45, 7) is 4.46. The molecule has 0 aromatic carbocycles. The fraction of sp³-hybridized carbons (Fsp3) is 1.00. The standard InChI is InChI=1S/C11H21ClO2/c1-11(9-12,10-3-4-10)5-6-14-8-7-13-2/h10H,3-9H2,1-2H3. The molecular formula is C11H21ClO2. The minimum Gasteiger partial charge on any atom is -0.382 e. The van der Waals surface area contributed by atoms with Gasteiger partial charge >= 0.3 is 0 Å². The van der Waals surface area contributed by atoms with Crippen LogP contribution in [0.3, 0.4) is 0 Å². The van der Waals surface area contributed by atoms with Crippen LogP contribution in [0, 0.1) is 11.3 Å². The van der Waals surface area contributed by atoms with Crippen molar-refractivity contribution in [3.05, 3.63) is 0 Å². The van der Waals surface area contributed by atoms with Crippen LogP contribution in [0.1, 0.15) is 26.2 Å². The van der Waals surface area contributed by atoms with Gasteiger partial charge < -0.3 is 9.47 Å². The highest BCUT2D eigenvalue weighted by Crippen LogP contribution is 2.48. The van der Waals surface area contributed by atoms with E-state index >= 15 is 0 Å². The number of rotatable bonds is 8. The van der Waals surface area contributed by atoms with E-state index in [2.05, 4.69) is 6.92 Å². The van der Waals surface area contributed by atoms with Crippen LogP contribution in [-0.2, 0) is 9.47 Å². The zero-order chi connectivity index (χ0) is 10.4. The van der Waals surface area contributed by atoms with Crippen molar-refractivity contribution in [1.82, 2.24) is 0 Å². The van der Waals surface area contributed by atoms with E-state index in [1.807, 2.05) is 0 Å². The summed E-state index contributed by atoms with van der Waals surface area (Å²) >= 11 is 6.00. The minimum absolute atomic E-state index is 0.300. The van der Waals surface area contributed by atoms with Crippen LogP contribution in [-0.4, -0.2) is 32.8 Å². The molecule has 0 radical (unpaired) electrons. The van der Waals surface area contributed by atoms with E-state index in [1.165, 1.54) is 12.8 Å². The first kappa shape index (κ1) is 12.3. The summed E-state index contributed by atoms with van der Waals surface area (Å²) in [5.74, 6) is 1.59. The van der Waals surface area contributed by atoms with E-state index in [9.17, 15) is 0 Å². The second-order valence-corrected chi connectivity index (χ2v) is 4.68. The minimum atomic E-state index is 0.300. The Balaban J connectivity index is 2.08. The molecule has 2 nitrogen and oxygen atoms in total. The maximum absolute atomic E-state index is 6.00. The van der Waals surface area contributed by atoms with Gasteiger partial charge in [0, 0.05) is 19.6 Å². The first-order valence-corrected chi connectivity index (χ1v) is 5.89. The first-order valence-electron chi connectivity index (χ1n) is 5.35. The van der Waals surface area contributed by atoms with Crippen LogP contribution in [0.4, 0.5) is 0 Å². The summed E-state index contributed by atoms with van der Waals surface area (Å²) in [4.78, 5) is 0. The number of ether oxygens (including phenoxy) is 2. The second-order valence-electron chi connectivity index (χ2n) is 4.42. The molecule has 1 fully saturated rings. The number of hydrogen-bond donors (Lipinski definition) is 0. The van der Waals surface area contributed by atoms with Crippen molar-refractivity contribution < 1.29 is 9.47 Å². The Bertz CT molecular complexity index is 159. The third-order valence-corrected chi connectivity index (χ3v) is 3.73. The molecule has 1 saturated carbocycles. The van der Waals surface area contributed by atoms with Gasteiger partial charge in [-0.25, -0.2) is 0 Å². The van der Waals surface area contributed by atoms with Crippen LogP contribution >= 0.6 is 11.6 Å². The molecule has 1 atom stereocenters. The topological polar surface area (TPSA) is 18.5 Å². The normalized spacial score (nSPS) is 20.8. The molecule has 14 heavy (non-hydrogen) atoms. The monoisotopic (exact) mass is 220 g/mol. The zero-order valence-electron chi connectivity index (χ0n) is 9.22. The number of hydrogen-bond acceptors (Lipinski definition) is 2. The van der Waals surface area contributed by atoms with E-state index in [4.69, 9.17) is 21.1 Å². The summed E-state index contributed by atoms with van der Waals surface area (Å²) < 4.78 is 10.4. The highest BCUT2D eigenvalue weighted by Gasteiger charge is 2.40. The average Bonchev–Trinajstić information content (AvgIpc) is 3.01. The van der Waals surface area contributed by atoms with E-state index in [0.717, 1.165) is 24.8 Å². The van der Waals surface area contributed by atoms with Crippen molar-refractivity contribution in [1.29, 1.82) is 0 Å². The van der Waals surface area contributed by atoms with Gasteiger partial charge in [0.05, 0.1) is 13.2 Å². The number of halogens is 1. The quantitative estimate of drug-likeness (QED) is 0.463. The molecule has 84 valence electrons. The van der Waals surface area contributed by atoms with Gasteiger partial charge in [0.2, 0.25) is 0 Å². The Kier molecular flexibility index (Phi) is 5.21. The molecule has 0 saturated heterocycles. The number of methoxy groups -OCH3 is 1. The van der Waals surface area contributed by atoms with Crippen molar-refractivity contribution in [2.24, 2.45) is 11.3 Å². The van der Waals surface area contributed by atoms with Crippen LogP contribution in [0.2, 0.25) is 0 Å². The van der Waals surface area contributed by atoms with Gasteiger partial charge in [0.15, 0.2) is 0 Å². The Morgan fingerprint density at radius 3 is 2.50 bits per heavy atom. The predicted molar refractivity (Wildman–Crippen MR) is 58.9 cm³/mol. The summed E-state index contributed by atoms with van der Waals surface area (Å²) in [5.41, 5.74) is 0.300. The maximum Gasteiger partial charge on any atom is 0.0700 e. The summed E-state index contributed by atoms with van der Waals surface area (Å²) in [5, 5.41) is 0. The Labute approximate surface area is 91.9 Å². The predicted octanol–water partition coefficient (Wildman–Crippen LogP) is 2.69. The van der Waals surface area contributed by atoms with Gasteiger partial charge in [-0.15, -0.1) is 11.6 Å². The van der Waals surface area contributed by atoms with Gasteiger partial charge in [0.1, 0.15) is 0 Å². The molecule has 1 aliphatic carbocycles. The largest absolute Gasteiger partial charge is 0.382 e. The molecule has 0 amide bonds. The molecule has 0 bridgehead atoms. The molecular weight excluding hydrogens is 200 g/mol. The van der Waals surface area contributed by atoms with Gasteiger partial charge in [0.25, 0.3) is 0 Å². The highest BCUT2D eigenvalue weighted by molar-refractivity contribution is 6.18. The van der Waals surface area contributed by atoms with Gasteiger partial charge in [-0.3, -0.25) is 0 Å². The van der Waals surface area contributed by atoms with Crippen LogP contribution in [0.15, 0.2) is 0 Å². The lowest BCUT2D eigenvalue weighted by Crippen LogP contribution is -2.23. The lowest BCUT2D eigenvalue weighted by Gasteiger charge is -2.26. The molecule has 1 unspecified atom stereocenters. The Morgan fingerprint density at radius 1 is 1.29 bits per heavy atom. The van der Waals surface area contributed by atoms with E-state index < -0.39 is 0 Å². The second kappa shape index (κ2) is 5.94. The van der Waals surface area contributed by atoms with E-state index in [1.54, 1.807) is 7.11 Å². The molecule has 1 rings (SSSR count). The Morgan fingerprint density at radius 2 is 2.00 bits per heavy atom. The maximum atomic E-state index is 6.00. The third-order valence-electron chi connectivity index (χ3n) is 3.12. The number of alkyl halides is 1. The molecule has 0 aliphatic heterocycles. The molecule has 0 N–H and O–H groups in total. The summed E-state index contributed by atoms with van der Waals surface area (Å²) in [6, 6.07) is 0. The molecule has 0 aromatic heterocycles. The van der Waals surface area contributed by atoms with Crippen molar-refractivity contribution in [2.75, 3.05) is 32.8 Å². The van der Waals surface area contributed by atoms with Crippen LogP contribution in [0.5, 0.6) is 0 Å². The fourth-order valence-electron chi connectivity index (χ4n) is 1.71. The van der Waals surface area contributed by atoms with E-state index in [-0.39, 0.29) is 0 Å². The lowest BCUT2D eigenvalue weighted by molar-refractivity contribution is 0.0533. The van der Waals surface area contributed by atoms with Crippen LogP contribution in [0.25, 0.3) is 0 Å². The van der Waals surface area contributed by atoms with Crippen molar-refractivity contribution in [3.63, 3.8) is 0 Å². The summed E-state index contributed by atoms with van der Waals surface area (Å²) in [7, 11) is 1.69. The van der Waals surface area contributed by atoms with Crippen LogP contribution < -0.4 is 0 Å². The average molecular weight is 221 g/mol. The van der Waals surface area contributed by atoms with Crippen molar-refractivity contribution in [2.45, 2.75) is 26.2 Å². The lowest BCUT2D eigenvalue weighted by atomic mass is 9.84. The van der Waals surface area contributed by atoms with Gasteiger partial charge in [-0.2, -0.15) is 0 Å². The van der Waals surface area contributed by atoms with Gasteiger partial charge in [-0.1, -0.05) is 6.92 Å². The zero-order valence-corrected chi connectivity index (χ0v) is 9.98. The smallest absolute Gasteiger partial charge is 0.0700 e. The van der Waals surface area contributed by atoms with Crippen molar-refractivity contribution >= 4 is 11.6 Å². The molecule has 0 spiro atoms. The van der Waals surface area contributed by atoms with Crippen molar-refractivity contribution in [3.8, 4) is 0 Å². The molecule has 0 aromatic rings. The molecule has 0 heterocycles. The SMILES string of the molecule is COCCOCCC(C)(CCl)C1CC1. The highest BCUT2D eigenvalue weighted by atomic mass is 35.5. The molecule has 1 aliphatic rings. The Hall–Kier alpha value is 0.210. The summed E-state index contributed by atoms with van der Waals surface area (Å²) in [6.07, 6.45) is 3.77. The van der Waals surface area contributed by atoms with E-state index in [0.29, 0.717) is 18.6 Å². The first-order chi connectivity index (χ1) is 6.73.